The molecular weight excluding hydrogens is 791 g/mol. The van der Waals surface area contributed by atoms with E-state index in [1.807, 2.05) is 37.3 Å². The molecule has 5 nitrogen and oxygen atoms in total. The van der Waals surface area contributed by atoms with Crippen LogP contribution in [0, 0.1) is 7.14 Å². The van der Waals surface area contributed by atoms with Gasteiger partial charge < -0.3 is 4.74 Å². The van der Waals surface area contributed by atoms with Crippen LogP contribution in [0.25, 0.3) is 10.9 Å². The third-order valence-corrected chi connectivity index (χ3v) is 8.43. The molecule has 0 radical (unpaired) electrons. The summed E-state index contributed by atoms with van der Waals surface area (Å²) in [5.41, 5.74) is 2.24. The predicted octanol–water partition coefficient (Wildman–Crippen LogP) is 8.65. The highest BCUT2D eigenvalue weighted by Gasteiger charge is 2.16. The zero-order chi connectivity index (χ0) is 26.0. The van der Waals surface area contributed by atoms with Crippen molar-refractivity contribution in [2.24, 2.45) is 5.10 Å². The summed E-state index contributed by atoms with van der Waals surface area (Å²) < 4.78 is 10.2. The first kappa shape index (κ1) is 27.8. The second-order valence-electron chi connectivity index (χ2n) is 8.15. The molecular formula is C26H20BrCl2I2N3O2. The Morgan fingerprint density at radius 1 is 1.11 bits per heavy atom. The minimum absolute atomic E-state index is 0.0697. The van der Waals surface area contributed by atoms with E-state index >= 15 is 0 Å². The van der Waals surface area contributed by atoms with Crippen LogP contribution in [-0.2, 0) is 6.61 Å². The van der Waals surface area contributed by atoms with Crippen molar-refractivity contribution in [3.8, 4) is 5.75 Å². The molecule has 0 amide bonds. The highest BCUT2D eigenvalue weighted by Crippen LogP contribution is 2.30. The lowest BCUT2D eigenvalue weighted by atomic mass is 10.1. The van der Waals surface area contributed by atoms with Crippen molar-refractivity contribution in [2.45, 2.75) is 32.8 Å². The molecule has 0 saturated carbocycles. The Morgan fingerprint density at radius 3 is 2.50 bits per heavy atom. The molecule has 0 fully saturated rings. The van der Waals surface area contributed by atoms with Gasteiger partial charge in [0.05, 0.1) is 34.3 Å². The molecule has 186 valence electrons. The standard InChI is InChI=1S/C26H20BrCl2I2N3O2/c1-3-14(2)25-33-23-7-5-17(27)11-18(23)26(35)34(25)32-12-16-9-21(30)24(22(31)10-16)36-13-15-4-6-19(28)20(29)8-15/h4-12,14H,3,13H2,1-2H3/t14-/m0/s1. The Morgan fingerprint density at radius 2 is 1.83 bits per heavy atom. The van der Waals surface area contributed by atoms with Crippen LogP contribution in [0.1, 0.15) is 43.1 Å². The summed E-state index contributed by atoms with van der Waals surface area (Å²) in [5.74, 6) is 1.48. The summed E-state index contributed by atoms with van der Waals surface area (Å²) in [4.78, 5) is 18.1. The Kier molecular flexibility index (Phi) is 9.35. The molecule has 1 atom stereocenters. The highest BCUT2D eigenvalue weighted by molar-refractivity contribution is 14.1. The van der Waals surface area contributed by atoms with Crippen LogP contribution < -0.4 is 10.3 Å². The summed E-state index contributed by atoms with van der Waals surface area (Å²) in [6, 6.07) is 14.9. The maximum Gasteiger partial charge on any atom is 0.282 e. The summed E-state index contributed by atoms with van der Waals surface area (Å²) >= 11 is 20.1. The molecule has 0 aliphatic rings. The van der Waals surface area contributed by atoms with Crippen LogP contribution in [0.2, 0.25) is 10.0 Å². The lowest BCUT2D eigenvalue weighted by molar-refractivity contribution is 0.302. The van der Waals surface area contributed by atoms with Crippen molar-refractivity contribution in [3.63, 3.8) is 0 Å². The van der Waals surface area contributed by atoms with Crippen LogP contribution in [0.4, 0.5) is 0 Å². The number of rotatable bonds is 7. The molecule has 10 heteroatoms. The molecule has 4 rings (SSSR count). The first-order valence-electron chi connectivity index (χ1n) is 11.0. The molecule has 4 aromatic rings. The van der Waals surface area contributed by atoms with Crippen LogP contribution in [0.15, 0.2) is 62.9 Å². The maximum absolute atomic E-state index is 13.3. The summed E-state index contributed by atoms with van der Waals surface area (Å²) in [7, 11) is 0. The number of benzene rings is 3. The van der Waals surface area contributed by atoms with Crippen molar-refractivity contribution in [1.29, 1.82) is 0 Å². The third kappa shape index (κ3) is 6.25. The fourth-order valence-corrected chi connectivity index (χ4v) is 6.29. The molecule has 3 aromatic carbocycles. The van der Waals surface area contributed by atoms with Crippen molar-refractivity contribution < 1.29 is 4.74 Å². The van der Waals surface area contributed by atoms with Crippen molar-refractivity contribution in [3.05, 3.63) is 97.5 Å². The Balaban J connectivity index is 1.66. The molecule has 0 spiro atoms. The van der Waals surface area contributed by atoms with Gasteiger partial charge in [0.1, 0.15) is 18.2 Å². The summed E-state index contributed by atoms with van der Waals surface area (Å²) in [6.45, 7) is 4.48. The first-order chi connectivity index (χ1) is 17.2. The van der Waals surface area contributed by atoms with Gasteiger partial charge in [-0.2, -0.15) is 9.78 Å². The fourth-order valence-electron chi connectivity index (χ4n) is 3.48. The van der Waals surface area contributed by atoms with Gasteiger partial charge in [-0.15, -0.1) is 0 Å². The van der Waals surface area contributed by atoms with Gasteiger partial charge in [-0.05, 0) is 105 Å². The minimum Gasteiger partial charge on any atom is -0.487 e. The first-order valence-corrected chi connectivity index (χ1v) is 14.7. The van der Waals surface area contributed by atoms with Gasteiger partial charge in [0, 0.05) is 10.4 Å². The molecule has 0 aliphatic carbocycles. The fraction of sp³-hybridized carbons (Fsp3) is 0.192. The third-order valence-electron chi connectivity index (χ3n) is 5.60. The lowest BCUT2D eigenvalue weighted by Gasteiger charge is -2.14. The normalized spacial score (nSPS) is 12.4. The van der Waals surface area contributed by atoms with E-state index < -0.39 is 0 Å². The number of halogens is 5. The van der Waals surface area contributed by atoms with Crippen LogP contribution in [0.5, 0.6) is 5.75 Å². The van der Waals surface area contributed by atoms with Crippen LogP contribution in [-0.4, -0.2) is 15.9 Å². The molecule has 0 unspecified atom stereocenters. The Hall–Kier alpha value is -1.21. The maximum atomic E-state index is 13.3. The van der Waals surface area contributed by atoms with Crippen molar-refractivity contribution in [1.82, 2.24) is 9.66 Å². The second-order valence-corrected chi connectivity index (χ2v) is 12.2. The molecule has 1 aromatic heterocycles. The van der Waals surface area contributed by atoms with E-state index in [9.17, 15) is 4.79 Å². The highest BCUT2D eigenvalue weighted by atomic mass is 127. The number of ether oxygens (including phenoxy) is 1. The molecule has 0 bridgehead atoms. The SMILES string of the molecule is CC[C@H](C)c1nc2ccc(Br)cc2c(=O)n1N=Cc1cc(I)c(OCc2ccc(Cl)c(Cl)c2)c(I)c1. The average molecular weight is 811 g/mol. The molecule has 0 saturated heterocycles. The number of fused-ring (bicyclic) bond motifs is 1. The topological polar surface area (TPSA) is 56.5 Å². The Bertz CT molecular complexity index is 1520. The predicted molar refractivity (Wildman–Crippen MR) is 168 cm³/mol. The van der Waals surface area contributed by atoms with Gasteiger partial charge >= 0.3 is 0 Å². The largest absolute Gasteiger partial charge is 0.487 e. The van der Waals surface area contributed by atoms with Crippen molar-refractivity contribution in [2.75, 3.05) is 0 Å². The smallest absolute Gasteiger partial charge is 0.282 e. The minimum atomic E-state index is -0.196. The molecule has 0 aliphatic heterocycles. The summed E-state index contributed by atoms with van der Waals surface area (Å²) in [5, 5.41) is 6.10. The van der Waals surface area contributed by atoms with E-state index in [2.05, 4.69) is 73.1 Å². The van der Waals surface area contributed by atoms with Gasteiger partial charge in [-0.1, -0.05) is 59.0 Å². The van der Waals surface area contributed by atoms with E-state index in [-0.39, 0.29) is 11.5 Å². The van der Waals surface area contributed by atoms with Gasteiger partial charge in [0.2, 0.25) is 0 Å². The van der Waals surface area contributed by atoms with E-state index in [0.29, 0.717) is 33.4 Å². The molecule has 36 heavy (non-hydrogen) atoms. The van der Waals surface area contributed by atoms with Gasteiger partial charge in [0.25, 0.3) is 5.56 Å². The van der Waals surface area contributed by atoms with Gasteiger partial charge in [-0.25, -0.2) is 4.98 Å². The second kappa shape index (κ2) is 12.1. The van der Waals surface area contributed by atoms with E-state index in [1.165, 1.54) is 4.68 Å². The molecule has 0 N–H and O–H groups in total. The van der Waals surface area contributed by atoms with Crippen molar-refractivity contribution >= 4 is 101 Å². The van der Waals surface area contributed by atoms with E-state index in [1.54, 1.807) is 24.4 Å². The monoisotopic (exact) mass is 809 g/mol. The van der Waals surface area contributed by atoms with Crippen LogP contribution in [0.3, 0.4) is 0 Å². The van der Waals surface area contributed by atoms with Gasteiger partial charge in [-0.3, -0.25) is 4.79 Å². The number of hydrogen-bond acceptors (Lipinski definition) is 4. The zero-order valence-corrected chi connectivity index (χ0v) is 26.6. The van der Waals surface area contributed by atoms with Gasteiger partial charge in [0.15, 0.2) is 0 Å². The van der Waals surface area contributed by atoms with E-state index in [4.69, 9.17) is 32.9 Å². The average Bonchev–Trinajstić information content (AvgIpc) is 2.84. The van der Waals surface area contributed by atoms with E-state index in [0.717, 1.165) is 34.9 Å². The zero-order valence-electron chi connectivity index (χ0n) is 19.2. The number of hydrogen-bond donors (Lipinski definition) is 0. The number of nitrogens with zero attached hydrogens (tertiary/aromatic N) is 3. The Labute approximate surface area is 254 Å². The lowest BCUT2D eigenvalue weighted by Crippen LogP contribution is -2.23. The number of aromatic nitrogens is 2. The quantitative estimate of drug-likeness (QED) is 0.139. The summed E-state index contributed by atoms with van der Waals surface area (Å²) in [6.07, 6.45) is 2.52. The molecule has 1 heterocycles. The van der Waals surface area contributed by atoms with Crippen LogP contribution >= 0.6 is 84.3 Å².